The van der Waals surface area contributed by atoms with Crippen molar-refractivity contribution in [3.63, 3.8) is 0 Å². The summed E-state index contributed by atoms with van der Waals surface area (Å²) < 4.78 is 5.71. The molecular formula is C19H25NO. The Morgan fingerprint density at radius 3 is 2.19 bits per heavy atom. The number of para-hydroxylation sites is 1. The molecule has 112 valence electrons. The fraction of sp³-hybridized carbons (Fsp3) is 0.368. The van der Waals surface area contributed by atoms with Crippen LogP contribution in [0.4, 0.5) is 0 Å². The first-order valence-corrected chi connectivity index (χ1v) is 7.80. The number of hydrogen-bond donors (Lipinski definition) is 1. The van der Waals surface area contributed by atoms with Gasteiger partial charge in [-0.3, -0.25) is 0 Å². The summed E-state index contributed by atoms with van der Waals surface area (Å²) in [6, 6.07) is 21.2. The van der Waals surface area contributed by atoms with E-state index in [1.807, 2.05) is 37.4 Å². The molecule has 0 spiro atoms. The molecule has 0 fully saturated rings. The Labute approximate surface area is 128 Å². The second-order valence-electron chi connectivity index (χ2n) is 5.26. The molecular weight excluding hydrogens is 258 g/mol. The van der Waals surface area contributed by atoms with E-state index >= 15 is 0 Å². The maximum Gasteiger partial charge on any atom is 0.119 e. The first-order chi connectivity index (χ1) is 10.4. The third kappa shape index (κ3) is 5.60. The predicted molar refractivity (Wildman–Crippen MR) is 88.6 cm³/mol. The van der Waals surface area contributed by atoms with Crippen LogP contribution in [0, 0.1) is 0 Å². The van der Waals surface area contributed by atoms with Crippen LogP contribution < -0.4 is 10.1 Å². The summed E-state index contributed by atoms with van der Waals surface area (Å²) in [5.41, 5.74) is 1.38. The number of ether oxygens (including phenoxy) is 1. The summed E-state index contributed by atoms with van der Waals surface area (Å²) in [6.45, 7) is 0.805. The van der Waals surface area contributed by atoms with Crippen molar-refractivity contribution in [2.24, 2.45) is 0 Å². The van der Waals surface area contributed by atoms with Gasteiger partial charge in [-0.1, -0.05) is 55.0 Å². The summed E-state index contributed by atoms with van der Waals surface area (Å²) in [6.07, 6.45) is 4.71. The monoisotopic (exact) mass is 283 g/mol. The van der Waals surface area contributed by atoms with E-state index in [0.29, 0.717) is 6.04 Å². The maximum atomic E-state index is 5.71. The lowest BCUT2D eigenvalue weighted by atomic mass is 10.0. The molecule has 21 heavy (non-hydrogen) atoms. The average molecular weight is 283 g/mol. The summed E-state index contributed by atoms with van der Waals surface area (Å²) in [5.74, 6) is 0.967. The minimum atomic E-state index is 0.459. The second-order valence-corrected chi connectivity index (χ2v) is 5.26. The van der Waals surface area contributed by atoms with Crippen LogP contribution in [0.25, 0.3) is 0 Å². The van der Waals surface area contributed by atoms with Crippen LogP contribution in [0.5, 0.6) is 5.75 Å². The van der Waals surface area contributed by atoms with Gasteiger partial charge in [-0.25, -0.2) is 0 Å². The van der Waals surface area contributed by atoms with Crippen LogP contribution in [0.2, 0.25) is 0 Å². The zero-order valence-electron chi connectivity index (χ0n) is 12.8. The van der Waals surface area contributed by atoms with E-state index in [-0.39, 0.29) is 0 Å². The highest BCUT2D eigenvalue weighted by Crippen LogP contribution is 2.19. The van der Waals surface area contributed by atoms with E-state index in [4.69, 9.17) is 4.74 Å². The third-order valence-electron chi connectivity index (χ3n) is 3.70. The third-order valence-corrected chi connectivity index (χ3v) is 3.70. The number of unbranched alkanes of at least 4 members (excludes halogenated alkanes) is 2. The normalized spacial score (nSPS) is 12.0. The van der Waals surface area contributed by atoms with Crippen LogP contribution in [0.1, 0.15) is 37.3 Å². The highest BCUT2D eigenvalue weighted by atomic mass is 16.5. The first-order valence-electron chi connectivity index (χ1n) is 7.80. The lowest BCUT2D eigenvalue weighted by molar-refractivity contribution is 0.303. The fourth-order valence-corrected chi connectivity index (χ4v) is 2.50. The van der Waals surface area contributed by atoms with Crippen molar-refractivity contribution in [1.29, 1.82) is 0 Å². The molecule has 0 heterocycles. The van der Waals surface area contributed by atoms with E-state index in [0.717, 1.165) is 18.8 Å². The van der Waals surface area contributed by atoms with Gasteiger partial charge in [0.2, 0.25) is 0 Å². The first kappa shape index (κ1) is 15.6. The van der Waals surface area contributed by atoms with Crippen LogP contribution in [0.15, 0.2) is 60.7 Å². The highest BCUT2D eigenvalue weighted by Gasteiger charge is 2.07. The molecule has 0 saturated heterocycles. The molecule has 0 aromatic heterocycles. The zero-order valence-corrected chi connectivity index (χ0v) is 12.8. The number of hydrogen-bond acceptors (Lipinski definition) is 2. The van der Waals surface area contributed by atoms with Crippen LogP contribution in [0.3, 0.4) is 0 Å². The molecule has 0 bridgehead atoms. The molecule has 1 unspecified atom stereocenters. The van der Waals surface area contributed by atoms with Gasteiger partial charge in [0.1, 0.15) is 5.75 Å². The second kappa shape index (κ2) is 9.19. The Kier molecular flexibility index (Phi) is 6.82. The standard InChI is InChI=1S/C19H25NO/c1-20-19(17-11-5-2-6-12-17)15-9-4-10-16-21-18-13-7-3-8-14-18/h2-3,5-8,11-14,19-20H,4,9-10,15-16H2,1H3. The molecule has 2 nitrogen and oxygen atoms in total. The lowest BCUT2D eigenvalue weighted by Crippen LogP contribution is -2.16. The van der Waals surface area contributed by atoms with Crippen molar-refractivity contribution in [3.05, 3.63) is 66.2 Å². The smallest absolute Gasteiger partial charge is 0.119 e. The van der Waals surface area contributed by atoms with Gasteiger partial charge in [0.05, 0.1) is 6.61 Å². The topological polar surface area (TPSA) is 21.3 Å². The Morgan fingerprint density at radius 1 is 0.857 bits per heavy atom. The molecule has 0 aliphatic rings. The van der Waals surface area contributed by atoms with Crippen molar-refractivity contribution in [1.82, 2.24) is 5.32 Å². The van der Waals surface area contributed by atoms with Gasteiger partial charge < -0.3 is 10.1 Å². The number of nitrogens with one attached hydrogen (secondary N) is 1. The zero-order chi connectivity index (χ0) is 14.8. The summed E-state index contributed by atoms with van der Waals surface area (Å²) in [4.78, 5) is 0. The van der Waals surface area contributed by atoms with E-state index in [1.54, 1.807) is 0 Å². The van der Waals surface area contributed by atoms with E-state index in [9.17, 15) is 0 Å². The van der Waals surface area contributed by atoms with Crippen molar-refractivity contribution in [2.45, 2.75) is 31.7 Å². The SMILES string of the molecule is CNC(CCCCCOc1ccccc1)c1ccccc1. The maximum absolute atomic E-state index is 5.71. The van der Waals surface area contributed by atoms with Crippen molar-refractivity contribution in [3.8, 4) is 5.75 Å². The Morgan fingerprint density at radius 2 is 1.52 bits per heavy atom. The van der Waals surface area contributed by atoms with Crippen LogP contribution >= 0.6 is 0 Å². The number of benzene rings is 2. The molecule has 2 heteroatoms. The minimum Gasteiger partial charge on any atom is -0.494 e. The molecule has 1 N–H and O–H groups in total. The van der Waals surface area contributed by atoms with Crippen molar-refractivity contribution < 1.29 is 4.74 Å². The molecule has 2 aromatic carbocycles. The van der Waals surface area contributed by atoms with Crippen molar-refractivity contribution in [2.75, 3.05) is 13.7 Å². The predicted octanol–water partition coefficient (Wildman–Crippen LogP) is 4.59. The molecule has 0 amide bonds. The molecule has 0 aliphatic carbocycles. The van der Waals surface area contributed by atoms with Gasteiger partial charge in [-0.15, -0.1) is 0 Å². The number of rotatable bonds is 9. The van der Waals surface area contributed by atoms with E-state index in [1.165, 1.54) is 24.8 Å². The van der Waals surface area contributed by atoms with Gasteiger partial charge in [-0.2, -0.15) is 0 Å². The van der Waals surface area contributed by atoms with Gasteiger partial charge in [0, 0.05) is 6.04 Å². The van der Waals surface area contributed by atoms with E-state index in [2.05, 4.69) is 35.6 Å². The van der Waals surface area contributed by atoms with Crippen molar-refractivity contribution >= 4 is 0 Å². The molecule has 2 aromatic rings. The fourth-order valence-electron chi connectivity index (χ4n) is 2.50. The summed E-state index contributed by atoms with van der Waals surface area (Å²) >= 11 is 0. The van der Waals surface area contributed by atoms with Gasteiger partial charge in [0.15, 0.2) is 0 Å². The quantitative estimate of drug-likeness (QED) is 0.680. The largest absolute Gasteiger partial charge is 0.494 e. The Balaban J connectivity index is 1.61. The summed E-state index contributed by atoms with van der Waals surface area (Å²) in [5, 5.41) is 3.40. The average Bonchev–Trinajstić information content (AvgIpc) is 2.56. The summed E-state index contributed by atoms with van der Waals surface area (Å²) in [7, 11) is 2.04. The van der Waals surface area contributed by atoms with E-state index < -0.39 is 0 Å². The molecule has 1 atom stereocenters. The lowest BCUT2D eigenvalue weighted by Gasteiger charge is -2.16. The Bertz CT molecular complexity index is 483. The van der Waals surface area contributed by atoms with Crippen LogP contribution in [-0.4, -0.2) is 13.7 Å². The molecule has 0 saturated carbocycles. The molecule has 2 rings (SSSR count). The van der Waals surface area contributed by atoms with Gasteiger partial charge >= 0.3 is 0 Å². The molecule has 0 aliphatic heterocycles. The van der Waals surface area contributed by atoms with Gasteiger partial charge in [-0.05, 0) is 44.0 Å². The molecule has 0 radical (unpaired) electrons. The van der Waals surface area contributed by atoms with Crippen LogP contribution in [-0.2, 0) is 0 Å². The minimum absolute atomic E-state index is 0.459. The highest BCUT2D eigenvalue weighted by molar-refractivity contribution is 5.21. The Hall–Kier alpha value is -1.80. The van der Waals surface area contributed by atoms with Gasteiger partial charge in [0.25, 0.3) is 0 Å².